The molecule has 2 aliphatic heterocycles. The first-order valence-electron chi connectivity index (χ1n) is 9.39. The van der Waals surface area contributed by atoms with Crippen molar-refractivity contribution in [3.63, 3.8) is 0 Å². The summed E-state index contributed by atoms with van der Waals surface area (Å²) in [6, 6.07) is 10.1. The zero-order chi connectivity index (χ0) is 17.5. The first-order chi connectivity index (χ1) is 12.2. The SMILES string of the molecule is CC1=CC2(CCN(C(=O)CCCOCc3ccccc3)CC2)OCC1. The fourth-order valence-corrected chi connectivity index (χ4v) is 3.65. The van der Waals surface area contributed by atoms with Gasteiger partial charge < -0.3 is 14.4 Å². The number of carbonyl (C=O) groups is 1. The lowest BCUT2D eigenvalue weighted by molar-refractivity contribution is -0.136. The van der Waals surface area contributed by atoms with Gasteiger partial charge in [-0.3, -0.25) is 4.79 Å². The molecule has 4 heteroatoms. The zero-order valence-corrected chi connectivity index (χ0v) is 15.2. The van der Waals surface area contributed by atoms with Crippen LogP contribution >= 0.6 is 0 Å². The number of rotatable bonds is 6. The number of benzene rings is 1. The first kappa shape index (κ1) is 18.2. The van der Waals surface area contributed by atoms with E-state index in [2.05, 4.69) is 25.1 Å². The maximum absolute atomic E-state index is 12.4. The summed E-state index contributed by atoms with van der Waals surface area (Å²) in [6.07, 6.45) is 6.50. The van der Waals surface area contributed by atoms with Gasteiger partial charge in [0.15, 0.2) is 0 Å². The molecule has 0 bridgehead atoms. The van der Waals surface area contributed by atoms with E-state index < -0.39 is 0 Å². The van der Waals surface area contributed by atoms with Crippen molar-refractivity contribution in [1.29, 1.82) is 0 Å². The van der Waals surface area contributed by atoms with Crippen molar-refractivity contribution in [2.75, 3.05) is 26.3 Å². The molecule has 1 spiro atoms. The van der Waals surface area contributed by atoms with Gasteiger partial charge >= 0.3 is 0 Å². The van der Waals surface area contributed by atoms with Gasteiger partial charge in [-0.2, -0.15) is 0 Å². The second-order valence-electron chi connectivity index (χ2n) is 7.18. The molecule has 3 rings (SSSR count). The monoisotopic (exact) mass is 343 g/mol. The smallest absolute Gasteiger partial charge is 0.222 e. The van der Waals surface area contributed by atoms with Crippen molar-refractivity contribution < 1.29 is 14.3 Å². The van der Waals surface area contributed by atoms with Crippen molar-refractivity contribution >= 4 is 5.91 Å². The number of carbonyl (C=O) groups excluding carboxylic acids is 1. The van der Waals surface area contributed by atoms with Gasteiger partial charge in [-0.15, -0.1) is 0 Å². The van der Waals surface area contributed by atoms with Crippen LogP contribution in [0.3, 0.4) is 0 Å². The molecule has 0 aromatic heterocycles. The predicted molar refractivity (Wildman–Crippen MR) is 98.2 cm³/mol. The maximum Gasteiger partial charge on any atom is 0.222 e. The zero-order valence-electron chi connectivity index (χ0n) is 15.2. The van der Waals surface area contributed by atoms with E-state index in [1.165, 1.54) is 11.1 Å². The number of ether oxygens (including phenoxy) is 2. The molecular formula is C21H29NO3. The van der Waals surface area contributed by atoms with Crippen LogP contribution in [-0.4, -0.2) is 42.7 Å². The fraction of sp³-hybridized carbons (Fsp3) is 0.571. The van der Waals surface area contributed by atoms with Gasteiger partial charge in [0.05, 0.1) is 18.8 Å². The van der Waals surface area contributed by atoms with Gasteiger partial charge in [0, 0.05) is 26.1 Å². The van der Waals surface area contributed by atoms with Crippen LogP contribution in [0.1, 0.15) is 44.6 Å². The summed E-state index contributed by atoms with van der Waals surface area (Å²) >= 11 is 0. The number of likely N-dealkylation sites (tertiary alicyclic amines) is 1. The molecule has 25 heavy (non-hydrogen) atoms. The number of amides is 1. The standard InChI is InChI=1S/C21H29NO3/c1-18-9-15-25-21(16-18)10-12-22(13-11-21)20(23)8-5-14-24-17-19-6-3-2-4-7-19/h2-4,6-7,16H,5,8-15,17H2,1H3. The predicted octanol–water partition coefficient (Wildman–Crippen LogP) is 3.71. The molecule has 2 heterocycles. The van der Waals surface area contributed by atoms with Gasteiger partial charge in [0.1, 0.15) is 0 Å². The highest BCUT2D eigenvalue weighted by Gasteiger charge is 2.36. The van der Waals surface area contributed by atoms with Crippen LogP contribution < -0.4 is 0 Å². The minimum absolute atomic E-state index is 0.113. The normalized spacial score (nSPS) is 19.7. The van der Waals surface area contributed by atoms with Crippen molar-refractivity contribution in [2.45, 2.75) is 51.2 Å². The van der Waals surface area contributed by atoms with Crippen LogP contribution in [0.15, 0.2) is 42.0 Å². The third-order valence-electron chi connectivity index (χ3n) is 5.15. The number of hydrogen-bond acceptors (Lipinski definition) is 3. The summed E-state index contributed by atoms with van der Waals surface area (Å²) in [7, 11) is 0. The maximum atomic E-state index is 12.4. The lowest BCUT2D eigenvalue weighted by Gasteiger charge is -2.42. The average Bonchev–Trinajstić information content (AvgIpc) is 2.62. The van der Waals surface area contributed by atoms with Gasteiger partial charge in [-0.1, -0.05) is 42.0 Å². The Balaban J connectivity index is 1.33. The highest BCUT2D eigenvalue weighted by Crippen LogP contribution is 2.33. The molecule has 0 radical (unpaired) electrons. The molecule has 2 aliphatic rings. The van der Waals surface area contributed by atoms with Gasteiger partial charge in [-0.25, -0.2) is 0 Å². The average molecular weight is 343 g/mol. The molecule has 1 aromatic rings. The third-order valence-corrected chi connectivity index (χ3v) is 5.15. The minimum atomic E-state index is -0.113. The Labute approximate surface area is 150 Å². The lowest BCUT2D eigenvalue weighted by atomic mass is 9.87. The summed E-state index contributed by atoms with van der Waals surface area (Å²) < 4.78 is 11.7. The third kappa shape index (κ3) is 5.16. The number of nitrogens with zero attached hydrogens (tertiary/aromatic N) is 1. The van der Waals surface area contributed by atoms with E-state index in [0.717, 1.165) is 45.4 Å². The highest BCUT2D eigenvalue weighted by molar-refractivity contribution is 5.76. The van der Waals surface area contributed by atoms with E-state index in [-0.39, 0.29) is 11.5 Å². The van der Waals surface area contributed by atoms with Gasteiger partial charge in [0.25, 0.3) is 0 Å². The summed E-state index contributed by atoms with van der Waals surface area (Å²) in [4.78, 5) is 14.4. The van der Waals surface area contributed by atoms with E-state index in [1.807, 2.05) is 23.1 Å². The van der Waals surface area contributed by atoms with Crippen molar-refractivity contribution in [2.24, 2.45) is 0 Å². The Hall–Kier alpha value is -1.65. The molecule has 0 N–H and O–H groups in total. The summed E-state index contributed by atoms with van der Waals surface area (Å²) in [5, 5.41) is 0. The molecular weight excluding hydrogens is 314 g/mol. The van der Waals surface area contributed by atoms with Crippen LogP contribution in [0, 0.1) is 0 Å². The quantitative estimate of drug-likeness (QED) is 0.584. The molecule has 0 unspecified atom stereocenters. The Bertz CT molecular complexity index is 588. The van der Waals surface area contributed by atoms with E-state index in [4.69, 9.17) is 9.47 Å². The molecule has 136 valence electrons. The largest absolute Gasteiger partial charge is 0.377 e. The number of piperidine rings is 1. The molecule has 1 aromatic carbocycles. The summed E-state index contributed by atoms with van der Waals surface area (Å²) in [6.45, 7) is 5.83. The summed E-state index contributed by atoms with van der Waals surface area (Å²) in [5.41, 5.74) is 2.48. The highest BCUT2D eigenvalue weighted by atomic mass is 16.5. The first-order valence-corrected chi connectivity index (χ1v) is 9.39. The molecule has 1 amide bonds. The van der Waals surface area contributed by atoms with Gasteiger partial charge in [-0.05, 0) is 38.2 Å². The fourth-order valence-electron chi connectivity index (χ4n) is 3.65. The number of hydrogen-bond donors (Lipinski definition) is 0. The van der Waals surface area contributed by atoms with Crippen LogP contribution in [0.5, 0.6) is 0 Å². The van der Waals surface area contributed by atoms with Crippen molar-refractivity contribution in [3.8, 4) is 0 Å². The Kier molecular flexibility index (Phi) is 6.27. The van der Waals surface area contributed by atoms with E-state index in [1.54, 1.807) is 0 Å². The van der Waals surface area contributed by atoms with Crippen LogP contribution in [0.25, 0.3) is 0 Å². The van der Waals surface area contributed by atoms with E-state index in [9.17, 15) is 4.79 Å². The Morgan fingerprint density at radius 3 is 2.72 bits per heavy atom. The Morgan fingerprint density at radius 1 is 1.24 bits per heavy atom. The summed E-state index contributed by atoms with van der Waals surface area (Å²) in [5.74, 6) is 0.245. The molecule has 0 aliphatic carbocycles. The minimum Gasteiger partial charge on any atom is -0.377 e. The van der Waals surface area contributed by atoms with E-state index >= 15 is 0 Å². The Morgan fingerprint density at radius 2 is 2.00 bits per heavy atom. The second kappa shape index (κ2) is 8.63. The van der Waals surface area contributed by atoms with Crippen LogP contribution in [-0.2, 0) is 20.9 Å². The van der Waals surface area contributed by atoms with Gasteiger partial charge in [0.2, 0.25) is 5.91 Å². The molecule has 4 nitrogen and oxygen atoms in total. The lowest BCUT2D eigenvalue weighted by Crippen LogP contribution is -2.48. The molecule has 0 atom stereocenters. The topological polar surface area (TPSA) is 38.8 Å². The van der Waals surface area contributed by atoms with Crippen molar-refractivity contribution in [3.05, 3.63) is 47.5 Å². The molecule has 1 saturated heterocycles. The van der Waals surface area contributed by atoms with Crippen molar-refractivity contribution in [1.82, 2.24) is 4.90 Å². The molecule has 1 fully saturated rings. The van der Waals surface area contributed by atoms with Crippen LogP contribution in [0.4, 0.5) is 0 Å². The molecule has 0 saturated carbocycles. The van der Waals surface area contributed by atoms with Crippen LogP contribution in [0.2, 0.25) is 0 Å². The van der Waals surface area contributed by atoms with E-state index in [0.29, 0.717) is 19.6 Å². The second-order valence-corrected chi connectivity index (χ2v) is 7.18.